The molecular weight excluding hydrogens is 435 g/mol. The summed E-state index contributed by atoms with van der Waals surface area (Å²) in [6.45, 7) is 2.96. The van der Waals surface area contributed by atoms with Crippen LogP contribution in [0.3, 0.4) is 0 Å². The Morgan fingerprint density at radius 1 is 1.03 bits per heavy atom. The smallest absolute Gasteiger partial charge is 0.350 e. The van der Waals surface area contributed by atoms with Crippen LogP contribution in [0, 0.1) is 13.8 Å². The normalized spacial score (nSPS) is 11.5. The molecule has 33 heavy (non-hydrogen) atoms. The van der Waals surface area contributed by atoms with Crippen LogP contribution >= 0.6 is 0 Å². The second-order valence-electron chi connectivity index (χ2n) is 7.46. The summed E-state index contributed by atoms with van der Waals surface area (Å²) >= 11 is 0. The lowest BCUT2D eigenvalue weighted by Gasteiger charge is -2.16. The Hall–Kier alpha value is -4.02. The molecule has 2 aromatic carbocycles. The van der Waals surface area contributed by atoms with Crippen LogP contribution < -0.4 is 5.32 Å². The van der Waals surface area contributed by atoms with Crippen LogP contribution in [0.25, 0.3) is 17.1 Å². The van der Waals surface area contributed by atoms with E-state index in [1.807, 2.05) is 18.2 Å². The van der Waals surface area contributed by atoms with Crippen molar-refractivity contribution in [1.82, 2.24) is 35.3 Å². The first-order valence-electron chi connectivity index (χ1n) is 10.0. The Bertz CT molecular complexity index is 1280. The average Bonchev–Trinajstić information content (AvgIpc) is 3.38. The highest BCUT2D eigenvalue weighted by atomic mass is 19.4. The second kappa shape index (κ2) is 8.85. The largest absolute Gasteiger partial charge is 0.416 e. The highest BCUT2D eigenvalue weighted by Crippen LogP contribution is 2.33. The molecule has 0 spiro atoms. The van der Waals surface area contributed by atoms with Crippen LogP contribution in [0.4, 0.5) is 13.2 Å². The van der Waals surface area contributed by atoms with Gasteiger partial charge in [-0.25, -0.2) is 4.68 Å². The number of halogens is 3. The summed E-state index contributed by atoms with van der Waals surface area (Å²) in [7, 11) is 0. The lowest BCUT2D eigenvalue weighted by molar-refractivity contribution is -0.138. The molecule has 4 aromatic rings. The molecule has 1 amide bonds. The van der Waals surface area contributed by atoms with Crippen molar-refractivity contribution in [2.45, 2.75) is 33.1 Å². The number of carbonyl (C=O) groups excluding carboxylic acids is 1. The number of aryl methyl sites for hydroxylation is 2. The zero-order chi connectivity index (χ0) is 23.6. The van der Waals surface area contributed by atoms with Gasteiger partial charge in [-0.15, -0.1) is 10.2 Å². The number of amides is 1. The maximum absolute atomic E-state index is 13.7. The Kier molecular flexibility index (Phi) is 5.95. The molecule has 0 aliphatic carbocycles. The minimum Gasteiger partial charge on any atom is -0.350 e. The number of hydrogen-bond acceptors (Lipinski definition) is 5. The molecule has 0 saturated carbocycles. The fraction of sp³-hybridized carbons (Fsp3) is 0.227. The predicted molar refractivity (Wildman–Crippen MR) is 113 cm³/mol. The maximum Gasteiger partial charge on any atom is 0.416 e. The van der Waals surface area contributed by atoms with Gasteiger partial charge in [-0.3, -0.25) is 4.79 Å². The molecular formula is C22H20F3N7O. The Labute approximate surface area is 187 Å². The van der Waals surface area contributed by atoms with Gasteiger partial charge in [-0.05, 0) is 42.8 Å². The number of benzene rings is 2. The molecule has 0 atom stereocenters. The summed E-state index contributed by atoms with van der Waals surface area (Å²) in [4.78, 5) is 13.4. The van der Waals surface area contributed by atoms with E-state index in [0.29, 0.717) is 17.2 Å². The van der Waals surface area contributed by atoms with Gasteiger partial charge in [-0.1, -0.05) is 36.4 Å². The number of carbonyl (C=O) groups is 1. The van der Waals surface area contributed by atoms with Crippen molar-refractivity contribution in [2.75, 3.05) is 0 Å². The molecule has 0 unspecified atom stereocenters. The van der Waals surface area contributed by atoms with Crippen LogP contribution in [-0.4, -0.2) is 35.9 Å². The SMILES string of the molecule is Cc1cc(C)n(-c2ccc(CNC(=O)Cn3nnc(-c4ccccc4)n3)c(C(F)(F)F)c2)n1. The average molecular weight is 455 g/mol. The number of nitrogens with zero attached hydrogens (tertiary/aromatic N) is 6. The highest BCUT2D eigenvalue weighted by molar-refractivity contribution is 5.75. The number of rotatable bonds is 6. The van der Waals surface area contributed by atoms with Gasteiger partial charge in [-0.2, -0.15) is 23.1 Å². The zero-order valence-electron chi connectivity index (χ0n) is 17.8. The highest BCUT2D eigenvalue weighted by Gasteiger charge is 2.34. The van der Waals surface area contributed by atoms with Gasteiger partial charge >= 0.3 is 6.18 Å². The van der Waals surface area contributed by atoms with Gasteiger partial charge in [0.05, 0.1) is 16.9 Å². The minimum atomic E-state index is -4.59. The third-order valence-electron chi connectivity index (χ3n) is 4.90. The zero-order valence-corrected chi connectivity index (χ0v) is 17.8. The van der Waals surface area contributed by atoms with Crippen LogP contribution in [0.1, 0.15) is 22.5 Å². The van der Waals surface area contributed by atoms with Crippen molar-refractivity contribution in [1.29, 1.82) is 0 Å². The van der Waals surface area contributed by atoms with Crippen molar-refractivity contribution in [3.8, 4) is 17.1 Å². The molecule has 0 aliphatic rings. The monoisotopic (exact) mass is 455 g/mol. The van der Waals surface area contributed by atoms with Gasteiger partial charge in [0.25, 0.3) is 0 Å². The van der Waals surface area contributed by atoms with Gasteiger partial charge in [0, 0.05) is 17.8 Å². The fourth-order valence-electron chi connectivity index (χ4n) is 3.40. The van der Waals surface area contributed by atoms with Crippen LogP contribution in [0.5, 0.6) is 0 Å². The van der Waals surface area contributed by atoms with E-state index in [0.717, 1.165) is 22.1 Å². The number of alkyl halides is 3. The lowest BCUT2D eigenvalue weighted by Crippen LogP contribution is -2.29. The predicted octanol–water partition coefficient (Wildman–Crippen LogP) is 3.48. The molecule has 0 aliphatic heterocycles. The van der Waals surface area contributed by atoms with Crippen LogP contribution in [0.2, 0.25) is 0 Å². The summed E-state index contributed by atoms with van der Waals surface area (Å²) in [6, 6.07) is 14.8. The van der Waals surface area contributed by atoms with Gasteiger partial charge in [0.15, 0.2) is 0 Å². The Balaban J connectivity index is 1.47. The molecule has 0 radical (unpaired) electrons. The molecule has 0 fully saturated rings. The van der Waals surface area contributed by atoms with Gasteiger partial charge in [0.2, 0.25) is 11.7 Å². The summed E-state index contributed by atoms with van der Waals surface area (Å²) in [6.07, 6.45) is -4.59. The molecule has 170 valence electrons. The number of aromatic nitrogens is 6. The molecule has 11 heteroatoms. The summed E-state index contributed by atoms with van der Waals surface area (Å²) in [5.41, 5.74) is 1.56. The van der Waals surface area contributed by atoms with Crippen molar-refractivity contribution in [2.24, 2.45) is 0 Å². The molecule has 8 nitrogen and oxygen atoms in total. The first-order valence-corrected chi connectivity index (χ1v) is 10.0. The summed E-state index contributed by atoms with van der Waals surface area (Å²) in [5, 5.41) is 18.6. The topological polar surface area (TPSA) is 90.5 Å². The molecule has 0 saturated heterocycles. The number of nitrogens with one attached hydrogen (secondary N) is 1. The van der Waals surface area contributed by atoms with E-state index in [1.165, 1.54) is 10.7 Å². The third-order valence-corrected chi connectivity index (χ3v) is 4.90. The van der Waals surface area contributed by atoms with Crippen molar-refractivity contribution >= 4 is 5.91 Å². The van der Waals surface area contributed by atoms with E-state index in [9.17, 15) is 18.0 Å². The third kappa shape index (κ3) is 5.08. The second-order valence-corrected chi connectivity index (χ2v) is 7.46. The lowest BCUT2D eigenvalue weighted by atomic mass is 10.1. The first kappa shape index (κ1) is 22.2. The number of tetrazole rings is 1. The first-order chi connectivity index (χ1) is 15.7. The Morgan fingerprint density at radius 2 is 1.79 bits per heavy atom. The van der Waals surface area contributed by atoms with E-state index < -0.39 is 17.6 Å². The maximum atomic E-state index is 13.7. The molecule has 2 heterocycles. The van der Waals surface area contributed by atoms with Gasteiger partial charge < -0.3 is 5.32 Å². The summed E-state index contributed by atoms with van der Waals surface area (Å²) in [5.74, 6) is -0.190. The summed E-state index contributed by atoms with van der Waals surface area (Å²) < 4.78 is 42.6. The van der Waals surface area contributed by atoms with E-state index in [2.05, 4.69) is 25.8 Å². The minimum absolute atomic E-state index is 0.0577. The quantitative estimate of drug-likeness (QED) is 0.481. The van der Waals surface area contributed by atoms with Crippen LogP contribution in [-0.2, 0) is 24.1 Å². The molecule has 2 aromatic heterocycles. The van der Waals surface area contributed by atoms with E-state index in [-0.39, 0.29) is 18.7 Å². The fourth-order valence-corrected chi connectivity index (χ4v) is 3.40. The molecule has 4 rings (SSSR count). The van der Waals surface area contributed by atoms with Crippen LogP contribution in [0.15, 0.2) is 54.6 Å². The van der Waals surface area contributed by atoms with E-state index in [1.54, 1.807) is 38.1 Å². The Morgan fingerprint density at radius 3 is 2.45 bits per heavy atom. The van der Waals surface area contributed by atoms with E-state index >= 15 is 0 Å². The van der Waals surface area contributed by atoms with Gasteiger partial charge in [0.1, 0.15) is 6.54 Å². The van der Waals surface area contributed by atoms with E-state index in [4.69, 9.17) is 0 Å². The standard InChI is InChI=1S/C22H20F3N7O/c1-14-10-15(2)32(28-14)18-9-8-17(19(11-18)22(23,24)25)12-26-20(33)13-31-29-21(27-30-31)16-6-4-3-5-7-16/h3-11H,12-13H2,1-2H3,(H,26,33). The molecule has 1 N–H and O–H groups in total. The van der Waals surface area contributed by atoms with Crippen molar-refractivity contribution < 1.29 is 18.0 Å². The molecule has 0 bridgehead atoms. The number of hydrogen-bond donors (Lipinski definition) is 1. The van der Waals surface area contributed by atoms with Crippen molar-refractivity contribution in [3.05, 3.63) is 77.1 Å². The van der Waals surface area contributed by atoms with Crippen molar-refractivity contribution in [3.63, 3.8) is 0 Å².